The molecule has 168 valence electrons. The number of hydrogen-bond acceptors (Lipinski definition) is 6. The van der Waals surface area contributed by atoms with E-state index in [4.69, 9.17) is 0 Å². The van der Waals surface area contributed by atoms with Crippen LogP contribution in [0.2, 0.25) is 0 Å². The van der Waals surface area contributed by atoms with Gasteiger partial charge in [0.15, 0.2) is 0 Å². The number of nitrogens with zero attached hydrogens (tertiary/aromatic N) is 2. The van der Waals surface area contributed by atoms with Crippen LogP contribution < -0.4 is 5.32 Å². The summed E-state index contributed by atoms with van der Waals surface area (Å²) < 4.78 is 27.6. The van der Waals surface area contributed by atoms with Crippen molar-refractivity contribution in [3.8, 4) is 0 Å². The van der Waals surface area contributed by atoms with Gasteiger partial charge in [-0.2, -0.15) is 4.31 Å². The highest BCUT2D eigenvalue weighted by Gasteiger charge is 2.45. The Kier molecular flexibility index (Phi) is 6.52. The molecule has 2 aromatic heterocycles. The molecule has 1 spiro atoms. The Balaban J connectivity index is 1.39. The minimum Gasteiger partial charge on any atom is -0.344 e. The van der Waals surface area contributed by atoms with E-state index in [1.165, 1.54) is 18.3 Å². The lowest BCUT2D eigenvalue weighted by atomic mass is 9.78. The van der Waals surface area contributed by atoms with Crippen LogP contribution in [0.4, 0.5) is 0 Å². The molecule has 0 radical (unpaired) electrons. The first-order valence-corrected chi connectivity index (χ1v) is 13.6. The third-order valence-corrected chi connectivity index (χ3v) is 10.5. The summed E-state index contributed by atoms with van der Waals surface area (Å²) in [7, 11) is -3.43. The topological polar surface area (TPSA) is 86.8 Å². The van der Waals surface area contributed by atoms with Crippen LogP contribution in [0, 0.1) is 5.41 Å². The van der Waals surface area contributed by atoms with Crippen molar-refractivity contribution in [1.29, 1.82) is 0 Å². The van der Waals surface area contributed by atoms with E-state index < -0.39 is 16.1 Å². The van der Waals surface area contributed by atoms with E-state index in [2.05, 4.69) is 5.32 Å². The molecule has 2 aromatic rings. The Labute approximate surface area is 191 Å². The number of thiophene rings is 2. The summed E-state index contributed by atoms with van der Waals surface area (Å²) in [5, 5.41) is 6.56. The number of sulfonamides is 1. The smallest absolute Gasteiger partial charge is 0.252 e. The number of carbonyl (C=O) groups is 2. The summed E-state index contributed by atoms with van der Waals surface area (Å²) in [6, 6.07) is 6.76. The zero-order valence-corrected chi connectivity index (χ0v) is 19.9. The lowest BCUT2D eigenvalue weighted by molar-refractivity contribution is -0.135. The summed E-state index contributed by atoms with van der Waals surface area (Å²) in [5.74, 6) is -0.259. The second-order valence-corrected chi connectivity index (χ2v) is 12.5. The van der Waals surface area contributed by atoms with Crippen molar-refractivity contribution in [2.75, 3.05) is 26.2 Å². The van der Waals surface area contributed by atoms with Crippen molar-refractivity contribution in [2.24, 2.45) is 5.41 Å². The average Bonchev–Trinajstić information content (AvgIpc) is 3.50. The van der Waals surface area contributed by atoms with E-state index >= 15 is 0 Å². The summed E-state index contributed by atoms with van der Waals surface area (Å²) in [6.07, 6.45) is 2.86. The third kappa shape index (κ3) is 4.87. The molecule has 0 aliphatic carbocycles. The van der Waals surface area contributed by atoms with Crippen LogP contribution in [0.15, 0.2) is 39.2 Å². The van der Waals surface area contributed by atoms with Gasteiger partial charge in [0.1, 0.15) is 10.3 Å². The molecule has 7 nitrogen and oxygen atoms in total. The largest absolute Gasteiger partial charge is 0.344 e. The van der Waals surface area contributed by atoms with Crippen molar-refractivity contribution in [3.63, 3.8) is 0 Å². The Hall–Kier alpha value is -1.75. The molecule has 2 amide bonds. The van der Waals surface area contributed by atoms with Crippen molar-refractivity contribution >= 4 is 44.5 Å². The van der Waals surface area contributed by atoms with Gasteiger partial charge in [-0.05, 0) is 47.6 Å². The minimum atomic E-state index is -3.43. The Morgan fingerprint density at radius 2 is 1.77 bits per heavy atom. The first kappa shape index (κ1) is 22.4. The van der Waals surface area contributed by atoms with Crippen LogP contribution in [0.3, 0.4) is 0 Å². The molecule has 0 saturated carbocycles. The number of amides is 2. The van der Waals surface area contributed by atoms with Crippen molar-refractivity contribution in [2.45, 2.75) is 42.9 Å². The number of carbonyl (C=O) groups excluding carboxylic acids is 2. The fourth-order valence-corrected chi connectivity index (χ4v) is 7.90. The average molecular weight is 482 g/mol. The molecular formula is C21H27N3O4S3. The predicted octanol–water partition coefficient (Wildman–Crippen LogP) is 2.56. The quantitative estimate of drug-likeness (QED) is 0.687. The van der Waals surface area contributed by atoms with E-state index in [0.29, 0.717) is 36.8 Å². The molecule has 0 unspecified atom stereocenters. The van der Waals surface area contributed by atoms with Gasteiger partial charge < -0.3 is 10.2 Å². The standard InChI is InChI=1S/C21H27N3O4S3/c1-16(25)22-18(14-17-4-2-12-29-17)20(26)23-9-6-21(15-23)7-10-24(11-8-21)31(27,28)19-5-3-13-30-19/h2-5,12-13,18H,6-11,14-15H2,1H3,(H,22,25)/t18-/m0/s1. The van der Waals surface area contributed by atoms with E-state index in [1.54, 1.807) is 33.2 Å². The molecule has 1 N–H and O–H groups in total. The van der Waals surface area contributed by atoms with Gasteiger partial charge in [-0.1, -0.05) is 12.1 Å². The molecule has 2 aliphatic rings. The maximum absolute atomic E-state index is 13.2. The highest BCUT2D eigenvalue weighted by Crippen LogP contribution is 2.42. The summed E-state index contributed by atoms with van der Waals surface area (Å²) >= 11 is 2.82. The molecule has 0 aromatic carbocycles. The molecule has 4 heterocycles. The van der Waals surface area contributed by atoms with Crippen molar-refractivity contribution in [1.82, 2.24) is 14.5 Å². The van der Waals surface area contributed by atoms with Crippen LogP contribution in [-0.4, -0.2) is 61.7 Å². The van der Waals surface area contributed by atoms with Gasteiger partial charge in [0.25, 0.3) is 10.0 Å². The first-order chi connectivity index (χ1) is 14.8. The van der Waals surface area contributed by atoms with E-state index in [1.807, 2.05) is 22.4 Å². The highest BCUT2D eigenvalue weighted by molar-refractivity contribution is 7.91. The predicted molar refractivity (Wildman–Crippen MR) is 122 cm³/mol. The van der Waals surface area contributed by atoms with Crippen molar-refractivity contribution < 1.29 is 18.0 Å². The van der Waals surface area contributed by atoms with E-state index in [9.17, 15) is 18.0 Å². The first-order valence-electron chi connectivity index (χ1n) is 10.4. The SMILES string of the molecule is CC(=O)N[C@@H](Cc1cccs1)C(=O)N1CCC2(CCN(S(=O)(=O)c3cccs3)CC2)C1. The van der Waals surface area contributed by atoms with Gasteiger partial charge in [0.05, 0.1) is 0 Å². The number of hydrogen-bond donors (Lipinski definition) is 1. The minimum absolute atomic E-state index is 0.0408. The van der Waals surface area contributed by atoms with Crippen LogP contribution >= 0.6 is 22.7 Å². The number of rotatable bonds is 6. The van der Waals surface area contributed by atoms with Crippen LogP contribution in [0.25, 0.3) is 0 Å². The zero-order chi connectivity index (χ0) is 22.1. The highest BCUT2D eigenvalue weighted by atomic mass is 32.2. The van der Waals surface area contributed by atoms with Gasteiger partial charge in [-0.15, -0.1) is 22.7 Å². The molecule has 10 heteroatoms. The molecule has 0 bridgehead atoms. The number of likely N-dealkylation sites (tertiary alicyclic amines) is 1. The number of nitrogens with one attached hydrogen (secondary N) is 1. The van der Waals surface area contributed by atoms with Gasteiger partial charge in [-0.3, -0.25) is 9.59 Å². The van der Waals surface area contributed by atoms with Gasteiger partial charge >= 0.3 is 0 Å². The molecule has 31 heavy (non-hydrogen) atoms. The van der Waals surface area contributed by atoms with Gasteiger partial charge in [0.2, 0.25) is 11.8 Å². The molecule has 2 aliphatic heterocycles. The lowest BCUT2D eigenvalue weighted by Gasteiger charge is -2.38. The normalized spacial score (nSPS) is 20.1. The number of piperidine rings is 1. The molecule has 2 fully saturated rings. The summed E-state index contributed by atoms with van der Waals surface area (Å²) in [5.41, 5.74) is -0.0408. The van der Waals surface area contributed by atoms with Crippen LogP contribution in [0.5, 0.6) is 0 Å². The second kappa shape index (κ2) is 9.01. The maximum Gasteiger partial charge on any atom is 0.252 e. The molecular weight excluding hydrogens is 454 g/mol. The van der Waals surface area contributed by atoms with Gasteiger partial charge in [0, 0.05) is 44.4 Å². The zero-order valence-electron chi connectivity index (χ0n) is 17.5. The fourth-order valence-electron chi connectivity index (χ4n) is 4.57. The third-order valence-electron chi connectivity index (χ3n) is 6.28. The van der Waals surface area contributed by atoms with Crippen LogP contribution in [-0.2, 0) is 26.0 Å². The summed E-state index contributed by atoms with van der Waals surface area (Å²) in [6.45, 7) is 3.67. The second-order valence-electron chi connectivity index (χ2n) is 8.38. The lowest BCUT2D eigenvalue weighted by Crippen LogP contribution is -2.50. The molecule has 4 rings (SSSR count). The Morgan fingerprint density at radius 1 is 1.10 bits per heavy atom. The summed E-state index contributed by atoms with van der Waals surface area (Å²) in [4.78, 5) is 27.8. The van der Waals surface area contributed by atoms with Gasteiger partial charge in [-0.25, -0.2) is 8.42 Å². The Morgan fingerprint density at radius 3 is 2.39 bits per heavy atom. The van der Waals surface area contributed by atoms with Crippen LogP contribution in [0.1, 0.15) is 31.1 Å². The van der Waals surface area contributed by atoms with Crippen molar-refractivity contribution in [3.05, 3.63) is 39.9 Å². The monoisotopic (exact) mass is 481 g/mol. The molecule has 1 atom stereocenters. The van der Waals surface area contributed by atoms with E-state index in [-0.39, 0.29) is 17.2 Å². The maximum atomic E-state index is 13.2. The molecule has 2 saturated heterocycles. The van der Waals surface area contributed by atoms with E-state index in [0.717, 1.165) is 24.1 Å². The fraction of sp³-hybridized carbons (Fsp3) is 0.524. The Bertz CT molecular complexity index is 1010.